The summed E-state index contributed by atoms with van der Waals surface area (Å²) in [7, 11) is 1.84. The lowest BCUT2D eigenvalue weighted by Crippen LogP contribution is -2.19. The SMILES string of the molecule is CNc1nc2ccccc2cc1Cn1ccccc1=O. The third kappa shape index (κ3) is 2.28. The van der Waals surface area contributed by atoms with E-state index >= 15 is 0 Å². The first kappa shape index (κ1) is 12.4. The number of benzene rings is 1. The van der Waals surface area contributed by atoms with Crippen molar-refractivity contribution in [1.82, 2.24) is 9.55 Å². The highest BCUT2D eigenvalue weighted by Gasteiger charge is 2.06. The lowest BCUT2D eigenvalue weighted by atomic mass is 10.1. The summed E-state index contributed by atoms with van der Waals surface area (Å²) < 4.78 is 1.67. The van der Waals surface area contributed by atoms with Crippen molar-refractivity contribution in [3.05, 3.63) is 70.6 Å². The molecule has 0 unspecified atom stereocenters. The Morgan fingerprint density at radius 3 is 2.75 bits per heavy atom. The van der Waals surface area contributed by atoms with E-state index in [1.165, 1.54) is 0 Å². The summed E-state index contributed by atoms with van der Waals surface area (Å²) in [6.45, 7) is 0.508. The number of para-hydroxylation sites is 1. The molecule has 0 aliphatic carbocycles. The summed E-state index contributed by atoms with van der Waals surface area (Å²) in [5, 5.41) is 4.18. The fourth-order valence-electron chi connectivity index (χ4n) is 2.27. The Morgan fingerprint density at radius 1 is 1.15 bits per heavy atom. The van der Waals surface area contributed by atoms with Gasteiger partial charge in [0.2, 0.25) is 0 Å². The molecule has 0 atom stereocenters. The average Bonchev–Trinajstić information content (AvgIpc) is 2.49. The number of nitrogens with one attached hydrogen (secondary N) is 1. The van der Waals surface area contributed by atoms with Crippen molar-refractivity contribution >= 4 is 16.7 Å². The van der Waals surface area contributed by atoms with Crippen molar-refractivity contribution in [3.8, 4) is 0 Å². The fraction of sp³-hybridized carbons (Fsp3) is 0.125. The van der Waals surface area contributed by atoms with Crippen LogP contribution in [0.25, 0.3) is 10.9 Å². The Labute approximate surface area is 116 Å². The van der Waals surface area contributed by atoms with Crippen molar-refractivity contribution in [2.45, 2.75) is 6.54 Å². The van der Waals surface area contributed by atoms with Gasteiger partial charge in [0.1, 0.15) is 5.82 Å². The monoisotopic (exact) mass is 265 g/mol. The summed E-state index contributed by atoms with van der Waals surface area (Å²) in [6.07, 6.45) is 1.79. The van der Waals surface area contributed by atoms with Crippen LogP contribution >= 0.6 is 0 Å². The van der Waals surface area contributed by atoms with Gasteiger partial charge in [-0.1, -0.05) is 24.3 Å². The minimum Gasteiger partial charge on any atom is -0.373 e. The Bertz CT molecular complexity index is 808. The van der Waals surface area contributed by atoms with Crippen molar-refractivity contribution in [1.29, 1.82) is 0 Å². The topological polar surface area (TPSA) is 46.9 Å². The number of hydrogen-bond acceptors (Lipinski definition) is 3. The van der Waals surface area contributed by atoms with E-state index in [1.807, 2.05) is 37.4 Å². The van der Waals surface area contributed by atoms with Crippen molar-refractivity contribution in [2.75, 3.05) is 12.4 Å². The molecular formula is C16H15N3O. The molecule has 0 spiro atoms. The van der Waals surface area contributed by atoms with E-state index in [0.717, 1.165) is 22.3 Å². The maximum atomic E-state index is 11.8. The second-order valence-electron chi connectivity index (χ2n) is 4.61. The zero-order chi connectivity index (χ0) is 13.9. The molecule has 2 aromatic heterocycles. The van der Waals surface area contributed by atoms with E-state index < -0.39 is 0 Å². The summed E-state index contributed by atoms with van der Waals surface area (Å²) in [5.41, 5.74) is 1.93. The normalized spacial score (nSPS) is 10.7. The zero-order valence-corrected chi connectivity index (χ0v) is 11.2. The molecule has 1 N–H and O–H groups in total. The second-order valence-corrected chi connectivity index (χ2v) is 4.61. The first-order valence-electron chi connectivity index (χ1n) is 6.50. The van der Waals surface area contributed by atoms with E-state index in [0.29, 0.717) is 6.54 Å². The number of fused-ring (bicyclic) bond motifs is 1. The smallest absolute Gasteiger partial charge is 0.250 e. The van der Waals surface area contributed by atoms with Crippen LogP contribution in [0.15, 0.2) is 59.5 Å². The Hall–Kier alpha value is -2.62. The molecule has 3 rings (SSSR count). The van der Waals surface area contributed by atoms with Gasteiger partial charge in [0.15, 0.2) is 0 Å². The third-order valence-electron chi connectivity index (χ3n) is 3.28. The van der Waals surface area contributed by atoms with E-state index in [1.54, 1.807) is 22.9 Å². The molecule has 3 aromatic rings. The van der Waals surface area contributed by atoms with Gasteiger partial charge in [0, 0.05) is 30.3 Å². The van der Waals surface area contributed by atoms with Crippen molar-refractivity contribution in [3.63, 3.8) is 0 Å². The van der Waals surface area contributed by atoms with Gasteiger partial charge in [0.25, 0.3) is 5.56 Å². The molecule has 0 amide bonds. The number of pyridine rings is 2. The molecule has 0 aliphatic rings. The number of hydrogen-bond donors (Lipinski definition) is 1. The van der Waals surface area contributed by atoms with Crippen LogP contribution in [0.1, 0.15) is 5.56 Å². The lowest BCUT2D eigenvalue weighted by molar-refractivity contribution is 0.759. The van der Waals surface area contributed by atoms with Crippen LogP contribution in [0.2, 0.25) is 0 Å². The predicted octanol–water partition coefficient (Wildman–Crippen LogP) is 2.49. The Morgan fingerprint density at radius 2 is 1.95 bits per heavy atom. The summed E-state index contributed by atoms with van der Waals surface area (Å²) in [6, 6.07) is 15.2. The van der Waals surface area contributed by atoms with Gasteiger partial charge in [-0.05, 0) is 18.2 Å². The molecular weight excluding hydrogens is 250 g/mol. The van der Waals surface area contributed by atoms with Crippen LogP contribution in [0.4, 0.5) is 5.82 Å². The van der Waals surface area contributed by atoms with Crippen molar-refractivity contribution < 1.29 is 0 Å². The van der Waals surface area contributed by atoms with E-state index in [9.17, 15) is 4.79 Å². The van der Waals surface area contributed by atoms with Gasteiger partial charge >= 0.3 is 0 Å². The number of aromatic nitrogens is 2. The van der Waals surface area contributed by atoms with Crippen LogP contribution < -0.4 is 10.9 Å². The van der Waals surface area contributed by atoms with Gasteiger partial charge in [-0.2, -0.15) is 0 Å². The average molecular weight is 265 g/mol. The number of anilines is 1. The first-order chi connectivity index (χ1) is 9.78. The molecule has 0 radical (unpaired) electrons. The quantitative estimate of drug-likeness (QED) is 0.791. The standard InChI is InChI=1S/C16H15N3O/c1-17-16-13(11-19-9-5-4-8-15(19)20)10-12-6-2-3-7-14(12)18-16/h2-10H,11H2,1H3,(H,17,18). The number of rotatable bonds is 3. The Balaban J connectivity index is 2.10. The maximum Gasteiger partial charge on any atom is 0.250 e. The molecule has 100 valence electrons. The molecule has 0 saturated carbocycles. The van der Waals surface area contributed by atoms with E-state index in [-0.39, 0.29) is 5.56 Å². The zero-order valence-electron chi connectivity index (χ0n) is 11.2. The molecule has 4 nitrogen and oxygen atoms in total. The largest absolute Gasteiger partial charge is 0.373 e. The maximum absolute atomic E-state index is 11.8. The van der Waals surface area contributed by atoms with Gasteiger partial charge in [0.05, 0.1) is 12.1 Å². The van der Waals surface area contributed by atoms with E-state index in [2.05, 4.69) is 16.4 Å². The van der Waals surface area contributed by atoms with Crippen LogP contribution in [-0.4, -0.2) is 16.6 Å². The highest BCUT2D eigenvalue weighted by Crippen LogP contribution is 2.20. The van der Waals surface area contributed by atoms with Crippen LogP contribution in [-0.2, 0) is 6.54 Å². The highest BCUT2D eigenvalue weighted by atomic mass is 16.1. The molecule has 4 heteroatoms. The second kappa shape index (κ2) is 5.17. The molecule has 0 fully saturated rings. The summed E-state index contributed by atoms with van der Waals surface area (Å²) in [5.74, 6) is 0.805. The first-order valence-corrected chi connectivity index (χ1v) is 6.50. The van der Waals surface area contributed by atoms with Crippen molar-refractivity contribution in [2.24, 2.45) is 0 Å². The molecule has 2 heterocycles. The minimum atomic E-state index is -0.0114. The highest BCUT2D eigenvalue weighted by molar-refractivity contribution is 5.81. The molecule has 1 aromatic carbocycles. The summed E-state index contributed by atoms with van der Waals surface area (Å²) in [4.78, 5) is 16.4. The minimum absolute atomic E-state index is 0.0114. The summed E-state index contributed by atoms with van der Waals surface area (Å²) >= 11 is 0. The fourth-order valence-corrected chi connectivity index (χ4v) is 2.27. The van der Waals surface area contributed by atoms with Gasteiger partial charge in [-0.15, -0.1) is 0 Å². The van der Waals surface area contributed by atoms with Gasteiger partial charge in [-0.3, -0.25) is 4.79 Å². The van der Waals surface area contributed by atoms with Crippen LogP contribution in [0.3, 0.4) is 0 Å². The number of nitrogens with zero attached hydrogens (tertiary/aromatic N) is 2. The van der Waals surface area contributed by atoms with Crippen LogP contribution in [0.5, 0.6) is 0 Å². The van der Waals surface area contributed by atoms with Crippen LogP contribution in [0, 0.1) is 0 Å². The molecule has 0 aliphatic heterocycles. The predicted molar refractivity (Wildman–Crippen MR) is 81.1 cm³/mol. The van der Waals surface area contributed by atoms with E-state index in [4.69, 9.17) is 0 Å². The Kier molecular flexibility index (Phi) is 3.21. The van der Waals surface area contributed by atoms with Gasteiger partial charge in [-0.25, -0.2) is 4.98 Å². The molecule has 0 saturated heterocycles. The van der Waals surface area contributed by atoms with Gasteiger partial charge < -0.3 is 9.88 Å². The molecule has 0 bridgehead atoms. The lowest BCUT2D eigenvalue weighted by Gasteiger charge is -2.11. The molecule has 20 heavy (non-hydrogen) atoms. The third-order valence-corrected chi connectivity index (χ3v) is 3.28.